The summed E-state index contributed by atoms with van der Waals surface area (Å²) in [4.78, 5) is 2.30. The van der Waals surface area contributed by atoms with Crippen LogP contribution in [0.15, 0.2) is 66.9 Å². The fourth-order valence-electron chi connectivity index (χ4n) is 4.34. The molecule has 5 heteroatoms. The zero-order valence-electron chi connectivity index (χ0n) is 17.4. The number of aromatic nitrogens is 1. The second kappa shape index (κ2) is 8.31. The summed E-state index contributed by atoms with van der Waals surface area (Å²) in [6.07, 6.45) is -1.27. The summed E-state index contributed by atoms with van der Waals surface area (Å²) in [7, 11) is 0. The number of hydrogen-bond donors (Lipinski definition) is 0. The zero-order chi connectivity index (χ0) is 21.3. The van der Waals surface area contributed by atoms with Crippen molar-refractivity contribution >= 4 is 0 Å². The molecular weight excluding hydrogens is 385 g/mol. The molecule has 2 nitrogen and oxygen atoms in total. The minimum atomic E-state index is -4.32. The maximum atomic E-state index is 13.2. The lowest BCUT2D eigenvalue weighted by Gasteiger charge is -2.31. The molecule has 0 aliphatic carbocycles. The van der Waals surface area contributed by atoms with Gasteiger partial charge in [-0.05, 0) is 47.2 Å². The average molecular weight is 412 g/mol. The Morgan fingerprint density at radius 3 is 2.43 bits per heavy atom. The van der Waals surface area contributed by atoms with Gasteiger partial charge in [0.1, 0.15) is 0 Å². The van der Waals surface area contributed by atoms with E-state index < -0.39 is 11.7 Å². The molecule has 1 atom stereocenters. The van der Waals surface area contributed by atoms with Crippen LogP contribution in [0.3, 0.4) is 0 Å². The summed E-state index contributed by atoms with van der Waals surface area (Å²) in [6, 6.07) is 18.6. The van der Waals surface area contributed by atoms with Crippen molar-refractivity contribution < 1.29 is 13.2 Å². The fraction of sp³-hybridized carbons (Fsp3) is 0.360. The Morgan fingerprint density at radius 2 is 1.73 bits per heavy atom. The second-order valence-corrected chi connectivity index (χ2v) is 8.37. The van der Waals surface area contributed by atoms with Gasteiger partial charge in [-0.25, -0.2) is 0 Å². The van der Waals surface area contributed by atoms with Crippen LogP contribution in [0, 0.1) is 0 Å². The third kappa shape index (κ3) is 4.31. The number of benzene rings is 2. The Kier molecular flexibility index (Phi) is 5.74. The fourth-order valence-corrected chi connectivity index (χ4v) is 4.34. The van der Waals surface area contributed by atoms with Crippen molar-refractivity contribution in [2.24, 2.45) is 0 Å². The molecule has 1 aliphatic heterocycles. The van der Waals surface area contributed by atoms with Crippen LogP contribution in [0.2, 0.25) is 0 Å². The van der Waals surface area contributed by atoms with Crippen molar-refractivity contribution in [2.75, 3.05) is 6.54 Å². The van der Waals surface area contributed by atoms with Gasteiger partial charge in [-0.3, -0.25) is 4.90 Å². The van der Waals surface area contributed by atoms with Crippen molar-refractivity contribution in [1.82, 2.24) is 9.47 Å². The van der Waals surface area contributed by atoms with Crippen LogP contribution in [0.1, 0.15) is 60.2 Å². The Bertz CT molecular complexity index is 986. The summed E-state index contributed by atoms with van der Waals surface area (Å²) in [5.41, 5.74) is 3.75. The molecule has 0 amide bonds. The number of halogens is 3. The van der Waals surface area contributed by atoms with E-state index in [9.17, 15) is 13.2 Å². The van der Waals surface area contributed by atoms with E-state index in [1.165, 1.54) is 29.0 Å². The Balaban J connectivity index is 1.70. The third-order valence-electron chi connectivity index (χ3n) is 5.91. The minimum Gasteiger partial charge on any atom is -0.350 e. The molecule has 1 aromatic heterocycles. The summed E-state index contributed by atoms with van der Waals surface area (Å²) in [5, 5.41) is 0. The largest absolute Gasteiger partial charge is 0.416 e. The van der Waals surface area contributed by atoms with E-state index in [0.717, 1.165) is 25.6 Å². The van der Waals surface area contributed by atoms with Crippen LogP contribution in [0.5, 0.6) is 0 Å². The zero-order valence-corrected chi connectivity index (χ0v) is 17.4. The normalized spacial score (nSPS) is 17.7. The Hall–Kier alpha value is -2.53. The summed E-state index contributed by atoms with van der Waals surface area (Å²) < 4.78 is 41.9. The highest BCUT2D eigenvalue weighted by Gasteiger charge is 2.31. The standard InChI is InChI=1S/C25H27F3N2/c1-18(2)20-9-11-21(12-10-20)24-23-8-4-13-29(23)14-5-15-30(24)17-19-6-3-7-22(16-19)25(26,27)28/h3-4,6-13,16,18,24H,5,14-15,17H2,1-2H3/t24-/m0/s1. The van der Waals surface area contributed by atoms with Crippen molar-refractivity contribution in [1.29, 1.82) is 0 Å². The van der Waals surface area contributed by atoms with Crippen LogP contribution < -0.4 is 0 Å². The molecule has 3 aromatic rings. The van der Waals surface area contributed by atoms with E-state index >= 15 is 0 Å². The first-order chi connectivity index (χ1) is 14.3. The van der Waals surface area contributed by atoms with E-state index in [1.54, 1.807) is 6.07 Å². The van der Waals surface area contributed by atoms with E-state index in [4.69, 9.17) is 0 Å². The van der Waals surface area contributed by atoms with Crippen LogP contribution >= 0.6 is 0 Å². The molecule has 0 radical (unpaired) electrons. The van der Waals surface area contributed by atoms with Gasteiger partial charge in [-0.1, -0.05) is 56.3 Å². The molecule has 4 rings (SSSR count). The number of alkyl halides is 3. The van der Waals surface area contributed by atoms with E-state index in [2.05, 4.69) is 65.9 Å². The van der Waals surface area contributed by atoms with Gasteiger partial charge in [0.15, 0.2) is 0 Å². The SMILES string of the molecule is CC(C)c1ccc([C@H]2c3cccn3CCCN2Cc2cccc(C(F)(F)F)c2)cc1. The first-order valence-corrected chi connectivity index (χ1v) is 10.5. The van der Waals surface area contributed by atoms with Gasteiger partial charge in [0.05, 0.1) is 11.6 Å². The number of fused-ring (bicyclic) bond motifs is 1. The Morgan fingerprint density at radius 1 is 0.967 bits per heavy atom. The van der Waals surface area contributed by atoms with Crippen LogP contribution in [-0.4, -0.2) is 16.0 Å². The summed E-state index contributed by atoms with van der Waals surface area (Å²) >= 11 is 0. The molecule has 0 fully saturated rings. The number of nitrogens with zero attached hydrogens (tertiary/aromatic N) is 2. The molecular formula is C25H27F3N2. The molecule has 2 aromatic carbocycles. The van der Waals surface area contributed by atoms with E-state index in [-0.39, 0.29) is 6.04 Å². The number of rotatable bonds is 4. The lowest BCUT2D eigenvalue weighted by Crippen LogP contribution is -2.29. The number of aryl methyl sites for hydroxylation is 1. The maximum Gasteiger partial charge on any atom is 0.416 e. The van der Waals surface area contributed by atoms with E-state index in [1.807, 2.05) is 0 Å². The van der Waals surface area contributed by atoms with Gasteiger partial charge in [0.2, 0.25) is 0 Å². The molecule has 0 N–H and O–H groups in total. The lowest BCUT2D eigenvalue weighted by atomic mass is 9.96. The van der Waals surface area contributed by atoms with Gasteiger partial charge < -0.3 is 4.57 Å². The molecule has 1 aliphatic rings. The van der Waals surface area contributed by atoms with E-state index in [0.29, 0.717) is 18.0 Å². The summed E-state index contributed by atoms with van der Waals surface area (Å²) in [5.74, 6) is 0.457. The van der Waals surface area contributed by atoms with Gasteiger partial charge in [0.25, 0.3) is 0 Å². The average Bonchev–Trinajstić information content (AvgIpc) is 3.09. The molecule has 158 valence electrons. The van der Waals surface area contributed by atoms with Gasteiger partial charge >= 0.3 is 6.18 Å². The molecule has 0 saturated heterocycles. The highest BCUT2D eigenvalue weighted by molar-refractivity contribution is 5.34. The Labute approximate surface area is 175 Å². The van der Waals surface area contributed by atoms with Gasteiger partial charge in [-0.15, -0.1) is 0 Å². The second-order valence-electron chi connectivity index (χ2n) is 8.37. The van der Waals surface area contributed by atoms with Gasteiger partial charge in [-0.2, -0.15) is 13.2 Å². The van der Waals surface area contributed by atoms with Crippen LogP contribution in [0.25, 0.3) is 0 Å². The quantitative estimate of drug-likeness (QED) is 0.467. The summed E-state index contributed by atoms with van der Waals surface area (Å²) in [6.45, 7) is 6.57. The number of hydrogen-bond acceptors (Lipinski definition) is 1. The highest BCUT2D eigenvalue weighted by atomic mass is 19.4. The topological polar surface area (TPSA) is 8.17 Å². The van der Waals surface area contributed by atoms with Crippen molar-refractivity contribution in [3.63, 3.8) is 0 Å². The van der Waals surface area contributed by atoms with Crippen LogP contribution in [-0.2, 0) is 19.3 Å². The maximum absolute atomic E-state index is 13.2. The molecule has 0 unspecified atom stereocenters. The molecule has 0 saturated carbocycles. The van der Waals surface area contributed by atoms with Crippen molar-refractivity contribution in [3.8, 4) is 0 Å². The predicted octanol–water partition coefficient (Wildman–Crippen LogP) is 6.63. The smallest absolute Gasteiger partial charge is 0.350 e. The minimum absolute atomic E-state index is 0.0123. The molecule has 2 heterocycles. The molecule has 30 heavy (non-hydrogen) atoms. The van der Waals surface area contributed by atoms with Crippen LogP contribution in [0.4, 0.5) is 13.2 Å². The van der Waals surface area contributed by atoms with Crippen molar-refractivity contribution in [2.45, 2.75) is 51.5 Å². The predicted molar refractivity (Wildman–Crippen MR) is 113 cm³/mol. The first kappa shape index (κ1) is 20.7. The van der Waals surface area contributed by atoms with Gasteiger partial charge in [0, 0.05) is 31.5 Å². The molecule has 0 spiro atoms. The van der Waals surface area contributed by atoms with Crippen molar-refractivity contribution in [3.05, 3.63) is 94.8 Å². The third-order valence-corrected chi connectivity index (χ3v) is 5.91. The first-order valence-electron chi connectivity index (χ1n) is 10.5. The molecule has 0 bridgehead atoms. The highest BCUT2D eigenvalue weighted by Crippen LogP contribution is 2.35. The lowest BCUT2D eigenvalue weighted by molar-refractivity contribution is -0.137. The monoisotopic (exact) mass is 412 g/mol.